The summed E-state index contributed by atoms with van der Waals surface area (Å²) in [6.45, 7) is 3.62. The van der Waals surface area contributed by atoms with Crippen LogP contribution in [0.2, 0.25) is 0 Å². The van der Waals surface area contributed by atoms with E-state index in [2.05, 4.69) is 11.9 Å². The Morgan fingerprint density at radius 2 is 1.85 bits per heavy atom. The van der Waals surface area contributed by atoms with E-state index in [1.807, 2.05) is 0 Å². The molecule has 2 amide bonds. The first-order valence-electron chi connectivity index (χ1n) is 8.74. The molecule has 1 aliphatic rings. The van der Waals surface area contributed by atoms with Crippen LogP contribution in [0, 0.1) is 5.92 Å². The summed E-state index contributed by atoms with van der Waals surface area (Å²) in [5, 5.41) is 2.06. The molecule has 0 saturated heterocycles. The van der Waals surface area contributed by atoms with Crippen molar-refractivity contribution in [2.75, 3.05) is 24.7 Å². The predicted octanol–water partition coefficient (Wildman–Crippen LogP) is 2.08. The highest BCUT2D eigenvalue weighted by Crippen LogP contribution is 2.27. The van der Waals surface area contributed by atoms with Gasteiger partial charge in [-0.1, -0.05) is 6.92 Å². The van der Waals surface area contributed by atoms with Gasteiger partial charge in [-0.15, -0.1) is 11.3 Å². The van der Waals surface area contributed by atoms with Crippen molar-refractivity contribution in [2.45, 2.75) is 51.3 Å². The van der Waals surface area contributed by atoms with E-state index >= 15 is 0 Å². The van der Waals surface area contributed by atoms with E-state index in [4.69, 9.17) is 0 Å². The fourth-order valence-corrected chi connectivity index (χ4v) is 5.27. The zero-order chi connectivity index (χ0) is 19.5. The van der Waals surface area contributed by atoms with Crippen molar-refractivity contribution in [3.8, 4) is 0 Å². The topological polar surface area (TPSA) is 87.6 Å². The maximum Gasteiger partial charge on any atom is 0.237 e. The van der Waals surface area contributed by atoms with Crippen LogP contribution in [-0.2, 0) is 25.2 Å². The number of thiazole rings is 1. The third-order valence-corrected chi connectivity index (χ3v) is 7.32. The first kappa shape index (κ1) is 20.8. The normalized spacial score (nSPS) is 20.6. The van der Waals surface area contributed by atoms with Crippen LogP contribution in [-0.4, -0.2) is 56.0 Å². The van der Waals surface area contributed by atoms with Crippen LogP contribution in [0.15, 0.2) is 5.38 Å². The highest BCUT2D eigenvalue weighted by atomic mass is 32.2. The van der Waals surface area contributed by atoms with Crippen molar-refractivity contribution in [3.05, 3.63) is 11.1 Å². The fourth-order valence-electron chi connectivity index (χ4n) is 3.05. The van der Waals surface area contributed by atoms with E-state index in [0.717, 1.165) is 25.7 Å². The van der Waals surface area contributed by atoms with Crippen molar-refractivity contribution < 1.29 is 18.0 Å². The fraction of sp³-hybridized carbons (Fsp3) is 0.706. The number of nitrogens with zero attached hydrogens (tertiary/aromatic N) is 3. The molecule has 26 heavy (non-hydrogen) atoms. The molecule has 1 aromatic heterocycles. The first-order valence-corrected chi connectivity index (χ1v) is 11.4. The number of aromatic nitrogens is 1. The van der Waals surface area contributed by atoms with Gasteiger partial charge < -0.3 is 4.90 Å². The Kier molecular flexibility index (Phi) is 6.79. The van der Waals surface area contributed by atoms with Crippen molar-refractivity contribution in [1.29, 1.82) is 0 Å². The van der Waals surface area contributed by atoms with Crippen LogP contribution < -0.4 is 4.90 Å². The molecule has 0 spiro atoms. The van der Waals surface area contributed by atoms with Gasteiger partial charge in [0.1, 0.15) is 5.75 Å². The van der Waals surface area contributed by atoms with Gasteiger partial charge in [0.2, 0.25) is 11.8 Å². The first-order chi connectivity index (χ1) is 12.1. The van der Waals surface area contributed by atoms with Gasteiger partial charge >= 0.3 is 0 Å². The third-order valence-electron chi connectivity index (χ3n) is 4.94. The van der Waals surface area contributed by atoms with E-state index in [-0.39, 0.29) is 23.6 Å². The lowest BCUT2D eigenvalue weighted by atomic mass is 9.87. The maximum atomic E-state index is 12.4. The minimum absolute atomic E-state index is 0.129. The molecule has 2 rings (SSSR count). The summed E-state index contributed by atoms with van der Waals surface area (Å²) in [5.74, 6) is -0.666. The van der Waals surface area contributed by atoms with Crippen molar-refractivity contribution in [1.82, 2.24) is 9.88 Å². The molecule has 0 N–H and O–H groups in total. The van der Waals surface area contributed by atoms with Gasteiger partial charge in [0.05, 0.1) is 11.4 Å². The molecule has 9 heteroatoms. The van der Waals surface area contributed by atoms with Crippen molar-refractivity contribution >= 4 is 38.1 Å². The molecule has 0 bridgehead atoms. The second kappa shape index (κ2) is 8.47. The largest absolute Gasteiger partial charge is 0.342 e. The number of carbonyl (C=O) groups is 2. The maximum absolute atomic E-state index is 12.4. The Hall–Kier alpha value is -1.48. The number of sulfone groups is 1. The van der Waals surface area contributed by atoms with E-state index < -0.39 is 15.6 Å². The van der Waals surface area contributed by atoms with Gasteiger partial charge in [-0.05, 0) is 31.6 Å². The molecule has 1 aromatic rings. The van der Waals surface area contributed by atoms with Crippen LogP contribution in [0.1, 0.15) is 45.2 Å². The zero-order valence-corrected chi connectivity index (χ0v) is 17.4. The number of hydrogen-bond acceptors (Lipinski definition) is 6. The number of carbonyl (C=O) groups excluding carboxylic acids is 2. The Labute approximate surface area is 159 Å². The Morgan fingerprint density at radius 1 is 1.23 bits per heavy atom. The van der Waals surface area contributed by atoms with E-state index in [9.17, 15) is 18.0 Å². The lowest BCUT2D eigenvalue weighted by Gasteiger charge is -2.33. The summed E-state index contributed by atoms with van der Waals surface area (Å²) in [7, 11) is -0.329. The summed E-state index contributed by atoms with van der Waals surface area (Å²) >= 11 is 1.21. The number of hydrogen-bond donors (Lipinski definition) is 0. The molecular weight excluding hydrogens is 374 g/mol. The average Bonchev–Trinajstić information content (AvgIpc) is 3.01. The van der Waals surface area contributed by atoms with Gasteiger partial charge in [-0.3, -0.25) is 14.5 Å². The quantitative estimate of drug-likeness (QED) is 0.728. The standard InChI is InChI=1S/C17H27N3O4S2/c1-12-5-7-15(8-6-12)20(4)16(22)11-26(23,24)10-14-9-25-17(18-14)19(3)13(2)21/h9,12,15H,5-8,10-11H2,1-4H3. The number of rotatable bonds is 6. The van der Waals surface area contributed by atoms with Crippen LogP contribution in [0.25, 0.3) is 0 Å². The summed E-state index contributed by atoms with van der Waals surface area (Å²) in [6, 6.07) is 0.129. The molecule has 1 heterocycles. The van der Waals surface area contributed by atoms with E-state index in [1.165, 1.54) is 23.2 Å². The van der Waals surface area contributed by atoms with Gasteiger partial charge in [-0.2, -0.15) is 0 Å². The molecule has 1 aliphatic carbocycles. The average molecular weight is 402 g/mol. The molecule has 0 unspecified atom stereocenters. The molecule has 0 aromatic carbocycles. The number of amides is 2. The van der Waals surface area contributed by atoms with E-state index in [1.54, 1.807) is 24.4 Å². The lowest BCUT2D eigenvalue weighted by molar-refractivity contribution is -0.130. The minimum atomic E-state index is -3.61. The Morgan fingerprint density at radius 3 is 2.42 bits per heavy atom. The molecule has 1 saturated carbocycles. The molecule has 0 aliphatic heterocycles. The summed E-state index contributed by atoms with van der Waals surface area (Å²) in [5.41, 5.74) is 0.361. The second-order valence-corrected chi connectivity index (χ2v) is 10.1. The Balaban J connectivity index is 1.95. The van der Waals surface area contributed by atoms with Crippen LogP contribution in [0.3, 0.4) is 0 Å². The molecular formula is C17H27N3O4S2. The molecule has 0 atom stereocenters. The Bertz CT molecular complexity index is 752. The van der Waals surface area contributed by atoms with E-state index in [0.29, 0.717) is 16.7 Å². The third kappa shape index (κ3) is 5.51. The zero-order valence-electron chi connectivity index (χ0n) is 15.8. The highest BCUT2D eigenvalue weighted by Gasteiger charge is 2.28. The summed E-state index contributed by atoms with van der Waals surface area (Å²) in [6.07, 6.45) is 3.99. The summed E-state index contributed by atoms with van der Waals surface area (Å²) in [4.78, 5) is 30.9. The van der Waals surface area contributed by atoms with Gasteiger partial charge in [0.25, 0.3) is 0 Å². The molecule has 0 radical (unpaired) electrons. The van der Waals surface area contributed by atoms with Gasteiger partial charge in [-0.25, -0.2) is 13.4 Å². The van der Waals surface area contributed by atoms with Gasteiger partial charge in [0.15, 0.2) is 15.0 Å². The SMILES string of the molecule is CC(=O)N(C)c1nc(CS(=O)(=O)CC(=O)N(C)C2CCC(C)CC2)cs1. The van der Waals surface area contributed by atoms with Gasteiger partial charge in [0, 0.05) is 32.4 Å². The monoisotopic (exact) mass is 401 g/mol. The molecule has 146 valence electrons. The smallest absolute Gasteiger partial charge is 0.237 e. The minimum Gasteiger partial charge on any atom is -0.342 e. The number of anilines is 1. The lowest BCUT2D eigenvalue weighted by Crippen LogP contribution is -2.42. The molecule has 7 nitrogen and oxygen atoms in total. The van der Waals surface area contributed by atoms with Crippen LogP contribution >= 0.6 is 11.3 Å². The van der Waals surface area contributed by atoms with Crippen molar-refractivity contribution in [2.24, 2.45) is 5.92 Å². The van der Waals surface area contributed by atoms with Crippen LogP contribution in [0.4, 0.5) is 5.13 Å². The molecule has 1 fully saturated rings. The summed E-state index contributed by atoms with van der Waals surface area (Å²) < 4.78 is 24.8. The highest BCUT2D eigenvalue weighted by molar-refractivity contribution is 7.91. The van der Waals surface area contributed by atoms with Crippen LogP contribution in [0.5, 0.6) is 0 Å². The predicted molar refractivity (Wildman–Crippen MR) is 103 cm³/mol. The van der Waals surface area contributed by atoms with Crippen molar-refractivity contribution in [3.63, 3.8) is 0 Å². The second-order valence-electron chi connectivity index (χ2n) is 7.15.